The van der Waals surface area contributed by atoms with Crippen LogP contribution in [0, 0.1) is 13.8 Å². The standard InChI is InChI=1S/C24H28N2OS/c1-18-10-11-19(2)23(16-18)27-15-14-26-17-21(20-8-4-5-9-22(20)26)24(28)25-12-6-3-7-13-25/h4-5,8-11,16-17H,3,6-7,12-15H2,1-2H3. The van der Waals surface area contributed by atoms with E-state index in [1.165, 1.54) is 46.9 Å². The highest BCUT2D eigenvalue weighted by atomic mass is 32.1. The summed E-state index contributed by atoms with van der Waals surface area (Å²) in [4.78, 5) is 3.36. The second-order valence-electron chi connectivity index (χ2n) is 7.72. The maximum Gasteiger partial charge on any atom is 0.122 e. The van der Waals surface area contributed by atoms with Gasteiger partial charge in [-0.15, -0.1) is 0 Å². The minimum atomic E-state index is 0.638. The quantitative estimate of drug-likeness (QED) is 0.534. The van der Waals surface area contributed by atoms with Crippen LogP contribution in [0.4, 0.5) is 0 Å². The summed E-state index contributed by atoms with van der Waals surface area (Å²) in [5.41, 5.74) is 4.80. The number of likely N-dealkylation sites (tertiary alicyclic amines) is 1. The molecule has 0 radical (unpaired) electrons. The Morgan fingerprint density at radius 2 is 1.82 bits per heavy atom. The molecule has 0 saturated carbocycles. The molecule has 3 nitrogen and oxygen atoms in total. The van der Waals surface area contributed by atoms with Crippen LogP contribution >= 0.6 is 12.2 Å². The lowest BCUT2D eigenvalue weighted by molar-refractivity contribution is 0.298. The summed E-state index contributed by atoms with van der Waals surface area (Å²) in [5, 5.41) is 1.24. The van der Waals surface area contributed by atoms with Gasteiger partial charge in [-0.2, -0.15) is 0 Å². The number of nitrogens with zero attached hydrogens (tertiary/aromatic N) is 2. The molecule has 2 heterocycles. The van der Waals surface area contributed by atoms with Crippen molar-refractivity contribution in [2.24, 2.45) is 0 Å². The van der Waals surface area contributed by atoms with Crippen LogP contribution in [-0.2, 0) is 6.54 Å². The van der Waals surface area contributed by atoms with E-state index in [0.29, 0.717) is 6.61 Å². The predicted octanol–water partition coefficient (Wildman–Crippen LogP) is 5.50. The number of para-hydroxylation sites is 1. The van der Waals surface area contributed by atoms with Crippen molar-refractivity contribution < 1.29 is 4.74 Å². The van der Waals surface area contributed by atoms with Gasteiger partial charge in [-0.05, 0) is 56.4 Å². The van der Waals surface area contributed by atoms with Crippen LogP contribution in [0.3, 0.4) is 0 Å². The Hall–Kier alpha value is -2.33. The topological polar surface area (TPSA) is 17.4 Å². The van der Waals surface area contributed by atoms with Crippen molar-refractivity contribution in [2.75, 3.05) is 19.7 Å². The minimum Gasteiger partial charge on any atom is -0.491 e. The zero-order valence-electron chi connectivity index (χ0n) is 16.8. The fraction of sp³-hybridized carbons (Fsp3) is 0.375. The van der Waals surface area contributed by atoms with Gasteiger partial charge in [0.1, 0.15) is 17.3 Å². The van der Waals surface area contributed by atoms with Crippen molar-refractivity contribution in [1.29, 1.82) is 0 Å². The van der Waals surface area contributed by atoms with Crippen molar-refractivity contribution in [1.82, 2.24) is 9.47 Å². The molecule has 1 fully saturated rings. The van der Waals surface area contributed by atoms with Crippen molar-refractivity contribution in [2.45, 2.75) is 39.7 Å². The molecule has 0 bridgehead atoms. The van der Waals surface area contributed by atoms with Gasteiger partial charge in [-0.3, -0.25) is 0 Å². The molecule has 146 valence electrons. The molecule has 0 unspecified atom stereocenters. The molecule has 1 saturated heterocycles. The van der Waals surface area contributed by atoms with Crippen molar-refractivity contribution in [3.63, 3.8) is 0 Å². The zero-order valence-corrected chi connectivity index (χ0v) is 17.6. The number of ether oxygens (including phenoxy) is 1. The van der Waals surface area contributed by atoms with E-state index in [-0.39, 0.29) is 0 Å². The van der Waals surface area contributed by atoms with Gasteiger partial charge in [0.15, 0.2) is 0 Å². The molecule has 2 aromatic carbocycles. The van der Waals surface area contributed by atoms with Gasteiger partial charge < -0.3 is 14.2 Å². The Morgan fingerprint density at radius 1 is 1.04 bits per heavy atom. The van der Waals surface area contributed by atoms with Crippen LogP contribution in [0.25, 0.3) is 10.9 Å². The summed E-state index contributed by atoms with van der Waals surface area (Å²) in [5.74, 6) is 0.973. The van der Waals surface area contributed by atoms with Gasteiger partial charge in [-0.25, -0.2) is 0 Å². The number of rotatable bonds is 5. The van der Waals surface area contributed by atoms with Crippen molar-refractivity contribution in [3.05, 3.63) is 65.4 Å². The zero-order chi connectivity index (χ0) is 19.5. The number of thiocarbonyl (C=S) groups is 1. The van der Waals surface area contributed by atoms with Gasteiger partial charge in [0.05, 0.1) is 6.54 Å². The molecular weight excluding hydrogens is 364 g/mol. The van der Waals surface area contributed by atoms with Crippen LogP contribution in [0.2, 0.25) is 0 Å². The molecule has 3 aromatic rings. The van der Waals surface area contributed by atoms with Gasteiger partial charge >= 0.3 is 0 Å². The van der Waals surface area contributed by atoms with E-state index < -0.39 is 0 Å². The molecule has 0 spiro atoms. The maximum absolute atomic E-state index is 6.09. The van der Waals surface area contributed by atoms with Crippen LogP contribution in [0.5, 0.6) is 5.75 Å². The lowest BCUT2D eigenvalue weighted by atomic mass is 10.1. The Kier molecular flexibility index (Phi) is 5.67. The number of hydrogen-bond donors (Lipinski definition) is 0. The maximum atomic E-state index is 6.09. The van der Waals surface area contributed by atoms with Crippen LogP contribution < -0.4 is 4.74 Å². The molecule has 1 aliphatic rings. The number of benzene rings is 2. The van der Waals surface area contributed by atoms with E-state index in [1.54, 1.807) is 0 Å². The fourth-order valence-electron chi connectivity index (χ4n) is 3.99. The van der Waals surface area contributed by atoms with E-state index in [0.717, 1.165) is 30.4 Å². The molecule has 1 aliphatic heterocycles. The van der Waals surface area contributed by atoms with E-state index in [2.05, 4.69) is 72.0 Å². The lowest BCUT2D eigenvalue weighted by Gasteiger charge is -2.28. The van der Waals surface area contributed by atoms with E-state index in [4.69, 9.17) is 17.0 Å². The van der Waals surface area contributed by atoms with E-state index in [1.807, 2.05) is 0 Å². The molecule has 0 aliphatic carbocycles. The summed E-state index contributed by atoms with van der Waals surface area (Å²) >= 11 is 5.88. The SMILES string of the molecule is Cc1ccc(C)c(OCCn2cc(C(=S)N3CCCCC3)c3ccccc32)c1. The average molecular weight is 393 g/mol. The summed E-state index contributed by atoms with van der Waals surface area (Å²) < 4.78 is 8.38. The summed E-state index contributed by atoms with van der Waals surface area (Å²) in [6.45, 7) is 7.78. The van der Waals surface area contributed by atoms with Crippen molar-refractivity contribution in [3.8, 4) is 5.75 Å². The summed E-state index contributed by atoms with van der Waals surface area (Å²) in [6, 6.07) is 14.9. The Morgan fingerprint density at radius 3 is 2.64 bits per heavy atom. The number of hydrogen-bond acceptors (Lipinski definition) is 2. The Bertz CT molecular complexity index is 985. The molecule has 1 aromatic heterocycles. The number of aromatic nitrogens is 1. The molecule has 0 atom stereocenters. The van der Waals surface area contributed by atoms with Gasteiger partial charge in [0, 0.05) is 35.8 Å². The smallest absolute Gasteiger partial charge is 0.122 e. The van der Waals surface area contributed by atoms with Crippen LogP contribution in [0.1, 0.15) is 36.0 Å². The highest BCUT2D eigenvalue weighted by Gasteiger charge is 2.19. The fourth-order valence-corrected chi connectivity index (χ4v) is 4.33. The first kappa shape index (κ1) is 19.0. The first-order chi connectivity index (χ1) is 13.6. The number of fused-ring (bicyclic) bond motifs is 1. The van der Waals surface area contributed by atoms with Crippen molar-refractivity contribution >= 4 is 28.1 Å². The van der Waals surface area contributed by atoms with Crippen LogP contribution in [0.15, 0.2) is 48.7 Å². The Balaban J connectivity index is 1.54. The second-order valence-corrected chi connectivity index (χ2v) is 8.11. The van der Waals surface area contributed by atoms with Crippen LogP contribution in [-0.4, -0.2) is 34.2 Å². The Labute approximate surface area is 172 Å². The van der Waals surface area contributed by atoms with E-state index in [9.17, 15) is 0 Å². The monoisotopic (exact) mass is 392 g/mol. The predicted molar refractivity (Wildman–Crippen MR) is 120 cm³/mol. The third kappa shape index (κ3) is 3.93. The second kappa shape index (κ2) is 8.36. The molecule has 0 amide bonds. The molecular formula is C24H28N2OS. The minimum absolute atomic E-state index is 0.638. The summed E-state index contributed by atoms with van der Waals surface area (Å²) in [7, 11) is 0. The number of piperidine rings is 1. The molecule has 4 heteroatoms. The number of aryl methyl sites for hydroxylation is 2. The lowest BCUT2D eigenvalue weighted by Crippen LogP contribution is -2.34. The third-order valence-corrected chi connectivity index (χ3v) is 6.07. The first-order valence-electron chi connectivity index (χ1n) is 10.2. The highest BCUT2D eigenvalue weighted by Crippen LogP contribution is 2.25. The van der Waals surface area contributed by atoms with Gasteiger partial charge in [0.2, 0.25) is 0 Å². The average Bonchev–Trinajstić information content (AvgIpc) is 3.09. The molecule has 4 rings (SSSR count). The summed E-state index contributed by atoms with van der Waals surface area (Å²) in [6.07, 6.45) is 6.01. The molecule has 0 N–H and O–H groups in total. The first-order valence-corrected chi connectivity index (χ1v) is 10.6. The molecule has 28 heavy (non-hydrogen) atoms. The normalized spacial score (nSPS) is 14.4. The third-order valence-electron chi connectivity index (χ3n) is 5.60. The largest absolute Gasteiger partial charge is 0.491 e. The highest BCUT2D eigenvalue weighted by molar-refractivity contribution is 7.80. The van der Waals surface area contributed by atoms with E-state index >= 15 is 0 Å². The van der Waals surface area contributed by atoms with Gasteiger partial charge in [0.25, 0.3) is 0 Å². The van der Waals surface area contributed by atoms with Gasteiger partial charge in [-0.1, -0.05) is 42.5 Å².